The van der Waals surface area contributed by atoms with Crippen molar-refractivity contribution in [3.63, 3.8) is 0 Å². The van der Waals surface area contributed by atoms with Gasteiger partial charge in [0, 0.05) is 6.54 Å². The Morgan fingerprint density at radius 2 is 2.18 bits per heavy atom. The van der Waals surface area contributed by atoms with Crippen LogP contribution in [0.1, 0.15) is 19.8 Å². The summed E-state index contributed by atoms with van der Waals surface area (Å²) in [6.45, 7) is 5.79. The molecule has 0 aliphatic heterocycles. The summed E-state index contributed by atoms with van der Waals surface area (Å²) in [4.78, 5) is 0. The monoisotopic (exact) mass is 175 g/mol. The summed E-state index contributed by atoms with van der Waals surface area (Å²) in [5.41, 5.74) is 0.842. The third kappa shape index (κ3) is 2.63. The van der Waals surface area contributed by atoms with E-state index < -0.39 is 10.0 Å². The molecule has 1 aliphatic carbocycles. The lowest BCUT2D eigenvalue weighted by atomic mass is 10.4. The zero-order valence-electron chi connectivity index (χ0n) is 6.63. The maximum Gasteiger partial charge on any atom is 0.214 e. The first-order valence-electron chi connectivity index (χ1n) is 3.65. The van der Waals surface area contributed by atoms with Crippen LogP contribution in [0.4, 0.5) is 0 Å². The van der Waals surface area contributed by atoms with Crippen molar-refractivity contribution in [3.8, 4) is 0 Å². The van der Waals surface area contributed by atoms with Gasteiger partial charge in [-0.25, -0.2) is 13.1 Å². The van der Waals surface area contributed by atoms with Gasteiger partial charge >= 0.3 is 0 Å². The van der Waals surface area contributed by atoms with Crippen LogP contribution in [0.25, 0.3) is 0 Å². The van der Waals surface area contributed by atoms with Crippen molar-refractivity contribution in [2.75, 3.05) is 6.54 Å². The Labute approximate surface area is 67.5 Å². The summed E-state index contributed by atoms with van der Waals surface area (Å²) in [5.74, 6) is 0. The summed E-state index contributed by atoms with van der Waals surface area (Å²) >= 11 is 0. The van der Waals surface area contributed by atoms with E-state index in [1.807, 2.05) is 0 Å². The highest BCUT2D eigenvalue weighted by Crippen LogP contribution is 2.27. The average Bonchev–Trinajstić information content (AvgIpc) is 2.64. The van der Waals surface area contributed by atoms with Gasteiger partial charge in [0.05, 0.1) is 5.25 Å². The van der Waals surface area contributed by atoms with E-state index in [1.165, 1.54) is 0 Å². The maximum atomic E-state index is 11.1. The molecule has 0 aromatic rings. The fourth-order valence-corrected chi connectivity index (χ4v) is 2.16. The third-order valence-electron chi connectivity index (χ3n) is 1.54. The molecule has 1 rings (SSSR count). The predicted molar refractivity (Wildman–Crippen MR) is 44.8 cm³/mol. The van der Waals surface area contributed by atoms with Gasteiger partial charge < -0.3 is 0 Å². The molecule has 1 N–H and O–H groups in total. The number of rotatable bonds is 4. The Kier molecular flexibility index (Phi) is 2.34. The zero-order chi connectivity index (χ0) is 8.48. The molecule has 0 aromatic carbocycles. The first-order valence-corrected chi connectivity index (χ1v) is 5.20. The van der Waals surface area contributed by atoms with Crippen molar-refractivity contribution >= 4 is 10.0 Å². The van der Waals surface area contributed by atoms with Crippen molar-refractivity contribution in [2.45, 2.75) is 25.0 Å². The van der Waals surface area contributed by atoms with Crippen molar-refractivity contribution < 1.29 is 8.42 Å². The van der Waals surface area contributed by atoms with Crippen LogP contribution in [0, 0.1) is 0 Å². The van der Waals surface area contributed by atoms with Crippen LogP contribution >= 0.6 is 0 Å². The Bertz CT molecular complexity index is 252. The van der Waals surface area contributed by atoms with Crippen LogP contribution in [-0.2, 0) is 10.0 Å². The van der Waals surface area contributed by atoms with Crippen molar-refractivity contribution in [2.24, 2.45) is 0 Å². The molecule has 3 nitrogen and oxygen atoms in total. The van der Waals surface area contributed by atoms with E-state index in [0.717, 1.165) is 18.4 Å². The molecule has 0 atom stereocenters. The molecule has 0 radical (unpaired) electrons. The van der Waals surface area contributed by atoms with Crippen LogP contribution in [0.3, 0.4) is 0 Å². The molecule has 1 saturated carbocycles. The van der Waals surface area contributed by atoms with Gasteiger partial charge in [-0.1, -0.05) is 12.2 Å². The van der Waals surface area contributed by atoms with E-state index >= 15 is 0 Å². The average molecular weight is 175 g/mol. The highest BCUT2D eigenvalue weighted by molar-refractivity contribution is 7.90. The van der Waals surface area contributed by atoms with Crippen LogP contribution in [-0.4, -0.2) is 20.2 Å². The SMILES string of the molecule is C=C(C)CNS(=O)(=O)C1CC1. The third-order valence-corrected chi connectivity index (χ3v) is 3.43. The highest BCUT2D eigenvalue weighted by atomic mass is 32.2. The van der Waals surface area contributed by atoms with Gasteiger partial charge in [-0.05, 0) is 19.8 Å². The Balaban J connectivity index is 2.40. The predicted octanol–water partition coefficient (Wildman–Crippen LogP) is 0.644. The summed E-state index contributed by atoms with van der Waals surface area (Å²) in [6.07, 6.45) is 1.62. The first-order chi connectivity index (χ1) is 5.02. The summed E-state index contributed by atoms with van der Waals surface area (Å²) < 4.78 is 24.8. The molecule has 1 fully saturated rings. The smallest absolute Gasteiger partial charge is 0.212 e. The minimum absolute atomic E-state index is 0.123. The number of sulfonamides is 1. The summed E-state index contributed by atoms with van der Waals surface area (Å²) in [6, 6.07) is 0. The second-order valence-electron chi connectivity index (χ2n) is 3.02. The largest absolute Gasteiger partial charge is 0.214 e. The van der Waals surface area contributed by atoms with E-state index in [-0.39, 0.29) is 5.25 Å². The molecule has 0 bridgehead atoms. The standard InChI is InChI=1S/C7H13NO2S/c1-6(2)5-8-11(9,10)7-3-4-7/h7-8H,1,3-5H2,2H3. The Morgan fingerprint density at radius 1 is 1.64 bits per heavy atom. The van der Waals surface area contributed by atoms with Crippen molar-refractivity contribution in [3.05, 3.63) is 12.2 Å². The maximum absolute atomic E-state index is 11.1. The molecule has 0 heterocycles. The van der Waals surface area contributed by atoms with Gasteiger partial charge in [0.25, 0.3) is 0 Å². The van der Waals surface area contributed by atoms with Crippen LogP contribution < -0.4 is 4.72 Å². The molecule has 0 unspecified atom stereocenters. The van der Waals surface area contributed by atoms with Crippen molar-refractivity contribution in [1.29, 1.82) is 0 Å². The Hall–Kier alpha value is -0.350. The van der Waals surface area contributed by atoms with Gasteiger partial charge in [-0.3, -0.25) is 0 Å². The molecular formula is C7H13NO2S. The molecule has 11 heavy (non-hydrogen) atoms. The number of hydrogen-bond acceptors (Lipinski definition) is 2. The first kappa shape index (κ1) is 8.74. The minimum atomic E-state index is -2.99. The lowest BCUT2D eigenvalue weighted by molar-refractivity contribution is 0.583. The van der Waals surface area contributed by atoms with Crippen molar-refractivity contribution in [1.82, 2.24) is 4.72 Å². The van der Waals surface area contributed by atoms with Crippen LogP contribution in [0.2, 0.25) is 0 Å². The van der Waals surface area contributed by atoms with Gasteiger partial charge in [0.2, 0.25) is 10.0 Å². The normalized spacial score (nSPS) is 18.3. The minimum Gasteiger partial charge on any atom is -0.212 e. The fraction of sp³-hybridized carbons (Fsp3) is 0.714. The number of nitrogens with one attached hydrogen (secondary N) is 1. The number of hydrogen-bond donors (Lipinski definition) is 1. The van der Waals surface area contributed by atoms with Gasteiger partial charge in [-0.15, -0.1) is 0 Å². The summed E-state index contributed by atoms with van der Waals surface area (Å²) in [5, 5.41) is -0.123. The second kappa shape index (κ2) is 2.95. The van der Waals surface area contributed by atoms with E-state index in [2.05, 4.69) is 11.3 Å². The van der Waals surface area contributed by atoms with Crippen LogP contribution in [0.15, 0.2) is 12.2 Å². The topological polar surface area (TPSA) is 46.2 Å². The lowest BCUT2D eigenvalue weighted by Crippen LogP contribution is -2.28. The van der Waals surface area contributed by atoms with Crippen LogP contribution in [0.5, 0.6) is 0 Å². The molecule has 0 spiro atoms. The van der Waals surface area contributed by atoms with Gasteiger partial charge in [0.1, 0.15) is 0 Å². The van der Waals surface area contributed by atoms with Gasteiger partial charge in [-0.2, -0.15) is 0 Å². The molecule has 0 amide bonds. The molecule has 0 saturated heterocycles. The van der Waals surface area contributed by atoms with Gasteiger partial charge in [0.15, 0.2) is 0 Å². The highest BCUT2D eigenvalue weighted by Gasteiger charge is 2.35. The Morgan fingerprint density at radius 3 is 2.55 bits per heavy atom. The van der Waals surface area contributed by atoms with E-state index in [1.54, 1.807) is 6.92 Å². The quantitative estimate of drug-likeness (QED) is 0.637. The molecule has 0 aromatic heterocycles. The lowest BCUT2D eigenvalue weighted by Gasteiger charge is -2.03. The molecular weight excluding hydrogens is 162 g/mol. The second-order valence-corrected chi connectivity index (χ2v) is 5.07. The summed E-state index contributed by atoms with van der Waals surface area (Å²) in [7, 11) is -2.99. The zero-order valence-corrected chi connectivity index (χ0v) is 7.45. The molecule has 1 aliphatic rings. The fourth-order valence-electron chi connectivity index (χ4n) is 0.720. The van der Waals surface area contributed by atoms with E-state index in [0.29, 0.717) is 6.54 Å². The molecule has 4 heteroatoms. The van der Waals surface area contributed by atoms with E-state index in [9.17, 15) is 8.42 Å². The molecule has 64 valence electrons. The van der Waals surface area contributed by atoms with E-state index in [4.69, 9.17) is 0 Å².